The molecule has 4 nitrogen and oxygen atoms in total. The summed E-state index contributed by atoms with van der Waals surface area (Å²) in [4.78, 5) is 0. The largest absolute Gasteiger partial charge is 0.392 e. The van der Waals surface area contributed by atoms with Crippen LogP contribution in [0.5, 0.6) is 0 Å². The predicted molar refractivity (Wildman–Crippen MR) is 83.7 cm³/mol. The van der Waals surface area contributed by atoms with Crippen LogP contribution in [0.4, 0.5) is 0 Å². The molecule has 0 bridgehead atoms. The highest BCUT2D eigenvalue weighted by atomic mass is 16.3. The molecule has 0 aliphatic heterocycles. The summed E-state index contributed by atoms with van der Waals surface area (Å²) in [5.41, 5.74) is 0. The molecule has 0 aromatic rings. The molecule has 0 spiro atoms. The molecule has 0 heterocycles. The van der Waals surface area contributed by atoms with Gasteiger partial charge < -0.3 is 20.8 Å². The maximum atomic E-state index is 9.91. The van der Waals surface area contributed by atoms with Crippen molar-refractivity contribution in [1.29, 1.82) is 0 Å². The smallest absolute Gasteiger partial charge is 0.0687 e. The van der Waals surface area contributed by atoms with E-state index in [4.69, 9.17) is 0 Å². The Balaban J connectivity index is 2.37. The van der Waals surface area contributed by atoms with Gasteiger partial charge in [0.2, 0.25) is 0 Å². The Bertz CT molecular complexity index is 233. The highest BCUT2D eigenvalue weighted by molar-refractivity contribution is 4.87. The Morgan fingerprint density at radius 2 is 1.15 bits per heavy atom. The zero-order valence-electron chi connectivity index (χ0n) is 13.6. The second kappa shape index (κ2) is 8.98. The molecule has 0 aromatic carbocycles. The first-order chi connectivity index (χ1) is 9.41. The summed E-state index contributed by atoms with van der Waals surface area (Å²) in [6.07, 6.45) is 4.25. The van der Waals surface area contributed by atoms with E-state index in [9.17, 15) is 10.2 Å². The van der Waals surface area contributed by atoms with Gasteiger partial charge in [0.15, 0.2) is 0 Å². The van der Waals surface area contributed by atoms with Crippen molar-refractivity contribution in [1.82, 2.24) is 10.6 Å². The normalized spacial score (nSPS) is 27.0. The third-order valence-electron chi connectivity index (χ3n) is 4.48. The fourth-order valence-electron chi connectivity index (χ4n) is 2.64. The van der Waals surface area contributed by atoms with E-state index in [-0.39, 0.29) is 12.2 Å². The van der Waals surface area contributed by atoms with Gasteiger partial charge in [-0.3, -0.25) is 0 Å². The quantitative estimate of drug-likeness (QED) is 0.546. The summed E-state index contributed by atoms with van der Waals surface area (Å²) in [6, 6.07) is 0.827. The number of hydrogen-bond donors (Lipinski definition) is 4. The number of aliphatic hydroxyl groups excluding tert-OH is 2. The van der Waals surface area contributed by atoms with E-state index in [0.29, 0.717) is 37.0 Å². The van der Waals surface area contributed by atoms with Crippen LogP contribution in [0.15, 0.2) is 0 Å². The highest BCUT2D eigenvalue weighted by Crippen LogP contribution is 2.19. The first kappa shape index (κ1) is 17.9. The molecule has 1 fully saturated rings. The van der Waals surface area contributed by atoms with Crippen molar-refractivity contribution in [3.05, 3.63) is 0 Å². The number of aliphatic hydroxyl groups is 2. The zero-order chi connectivity index (χ0) is 15.1. The van der Waals surface area contributed by atoms with Gasteiger partial charge in [0.1, 0.15) is 0 Å². The molecule has 1 saturated carbocycles. The van der Waals surface area contributed by atoms with Gasteiger partial charge >= 0.3 is 0 Å². The minimum absolute atomic E-state index is 0.279. The van der Waals surface area contributed by atoms with Crippen LogP contribution in [0.3, 0.4) is 0 Å². The van der Waals surface area contributed by atoms with Crippen molar-refractivity contribution < 1.29 is 10.2 Å². The second-order valence-corrected chi connectivity index (χ2v) is 6.94. The van der Waals surface area contributed by atoms with Crippen molar-refractivity contribution in [2.75, 3.05) is 13.1 Å². The SMILES string of the molecule is CC(C)[C@H](O)CN[C@@H]1CCCC[C@H]1NC[C@@H](O)C(C)C. The van der Waals surface area contributed by atoms with Gasteiger partial charge in [-0.05, 0) is 24.7 Å². The zero-order valence-corrected chi connectivity index (χ0v) is 13.6. The minimum Gasteiger partial charge on any atom is -0.392 e. The maximum Gasteiger partial charge on any atom is 0.0687 e. The Kier molecular flexibility index (Phi) is 8.03. The summed E-state index contributed by atoms with van der Waals surface area (Å²) in [6.45, 7) is 9.49. The standard InChI is InChI=1S/C16H34N2O2/c1-11(2)15(19)9-17-13-7-5-6-8-14(13)18-10-16(20)12(3)4/h11-20H,5-10H2,1-4H3/t13-,14-,15-,16-/m1/s1. The van der Waals surface area contributed by atoms with Gasteiger partial charge in [0.25, 0.3) is 0 Å². The first-order valence-corrected chi connectivity index (χ1v) is 8.24. The molecule has 4 heteroatoms. The average Bonchev–Trinajstić information content (AvgIpc) is 2.42. The van der Waals surface area contributed by atoms with Crippen LogP contribution in [0.1, 0.15) is 53.4 Å². The molecular weight excluding hydrogens is 252 g/mol. The van der Waals surface area contributed by atoms with Gasteiger partial charge in [0, 0.05) is 25.2 Å². The van der Waals surface area contributed by atoms with Crippen LogP contribution in [-0.2, 0) is 0 Å². The first-order valence-electron chi connectivity index (χ1n) is 8.24. The molecule has 1 rings (SSSR count). The van der Waals surface area contributed by atoms with E-state index in [0.717, 1.165) is 12.8 Å². The van der Waals surface area contributed by atoms with Gasteiger partial charge in [0.05, 0.1) is 12.2 Å². The molecule has 4 N–H and O–H groups in total. The van der Waals surface area contributed by atoms with Crippen molar-refractivity contribution in [2.24, 2.45) is 11.8 Å². The molecule has 0 amide bonds. The number of hydrogen-bond acceptors (Lipinski definition) is 4. The lowest BCUT2D eigenvalue weighted by molar-refractivity contribution is 0.104. The summed E-state index contributed by atoms with van der Waals surface area (Å²) in [5.74, 6) is 0.584. The number of nitrogens with one attached hydrogen (secondary N) is 2. The molecule has 1 aliphatic carbocycles. The van der Waals surface area contributed by atoms with Crippen LogP contribution in [0.2, 0.25) is 0 Å². The maximum absolute atomic E-state index is 9.91. The third kappa shape index (κ3) is 6.08. The molecule has 120 valence electrons. The van der Waals surface area contributed by atoms with E-state index in [1.54, 1.807) is 0 Å². The molecule has 1 aliphatic rings. The van der Waals surface area contributed by atoms with Crippen LogP contribution >= 0.6 is 0 Å². The molecule has 0 saturated heterocycles. The Morgan fingerprint density at radius 1 is 0.800 bits per heavy atom. The molecule has 0 aromatic heterocycles. The van der Waals surface area contributed by atoms with Gasteiger partial charge in [-0.25, -0.2) is 0 Å². The molecular formula is C16H34N2O2. The van der Waals surface area contributed by atoms with Crippen molar-refractivity contribution in [3.63, 3.8) is 0 Å². The predicted octanol–water partition coefficient (Wildman–Crippen LogP) is 1.51. The lowest BCUT2D eigenvalue weighted by atomic mass is 9.89. The van der Waals surface area contributed by atoms with Crippen LogP contribution in [-0.4, -0.2) is 47.6 Å². The van der Waals surface area contributed by atoms with Crippen LogP contribution in [0, 0.1) is 11.8 Å². The molecule has 20 heavy (non-hydrogen) atoms. The van der Waals surface area contributed by atoms with Crippen LogP contribution in [0.25, 0.3) is 0 Å². The summed E-state index contributed by atoms with van der Waals surface area (Å²) < 4.78 is 0. The van der Waals surface area contributed by atoms with E-state index in [1.807, 2.05) is 27.7 Å². The third-order valence-corrected chi connectivity index (χ3v) is 4.48. The lowest BCUT2D eigenvalue weighted by Gasteiger charge is -2.35. The summed E-state index contributed by atoms with van der Waals surface area (Å²) >= 11 is 0. The van der Waals surface area contributed by atoms with Crippen molar-refractivity contribution in [2.45, 2.75) is 77.7 Å². The average molecular weight is 286 g/mol. The monoisotopic (exact) mass is 286 g/mol. The second-order valence-electron chi connectivity index (χ2n) is 6.94. The molecule has 0 unspecified atom stereocenters. The van der Waals surface area contributed by atoms with E-state index in [2.05, 4.69) is 10.6 Å². The topological polar surface area (TPSA) is 64.5 Å². The van der Waals surface area contributed by atoms with E-state index >= 15 is 0 Å². The minimum atomic E-state index is -0.279. The summed E-state index contributed by atoms with van der Waals surface area (Å²) in [5, 5.41) is 26.8. The van der Waals surface area contributed by atoms with Gasteiger partial charge in [-0.2, -0.15) is 0 Å². The Hall–Kier alpha value is -0.160. The van der Waals surface area contributed by atoms with Gasteiger partial charge in [-0.15, -0.1) is 0 Å². The molecule has 0 radical (unpaired) electrons. The number of rotatable bonds is 8. The highest BCUT2D eigenvalue weighted by Gasteiger charge is 2.26. The Morgan fingerprint density at radius 3 is 1.45 bits per heavy atom. The fraction of sp³-hybridized carbons (Fsp3) is 1.00. The van der Waals surface area contributed by atoms with Gasteiger partial charge in [-0.1, -0.05) is 40.5 Å². The fourth-order valence-corrected chi connectivity index (χ4v) is 2.64. The van der Waals surface area contributed by atoms with Crippen molar-refractivity contribution >= 4 is 0 Å². The van der Waals surface area contributed by atoms with Crippen LogP contribution < -0.4 is 10.6 Å². The van der Waals surface area contributed by atoms with E-state index < -0.39 is 0 Å². The lowest BCUT2D eigenvalue weighted by Crippen LogP contribution is -2.53. The summed E-state index contributed by atoms with van der Waals surface area (Å²) in [7, 11) is 0. The van der Waals surface area contributed by atoms with E-state index in [1.165, 1.54) is 12.8 Å². The molecule has 4 atom stereocenters. The Labute approximate surface area is 124 Å². The van der Waals surface area contributed by atoms with Crippen molar-refractivity contribution in [3.8, 4) is 0 Å².